The second kappa shape index (κ2) is 4.84. The Morgan fingerprint density at radius 1 is 1.40 bits per heavy atom. The van der Waals surface area contributed by atoms with E-state index >= 15 is 0 Å². The fourth-order valence-corrected chi connectivity index (χ4v) is 1.70. The number of alkyl carbamates (subject to hydrolysis) is 1. The molecule has 0 bridgehead atoms. The standard InChI is InChI=1S/C11H22N2O2/c1-8-5-6-9(7-12-8)13-10(14)15-11(2,3)4/h8-9,12H,5-7H2,1-4H3,(H,13,14)/p+1/t8-,9+/m0/s1. The van der Waals surface area contributed by atoms with Crippen LogP contribution in [0.4, 0.5) is 4.79 Å². The Morgan fingerprint density at radius 3 is 2.53 bits per heavy atom. The van der Waals surface area contributed by atoms with Gasteiger partial charge in [-0.25, -0.2) is 4.79 Å². The molecule has 1 amide bonds. The number of quaternary nitrogens is 1. The lowest BCUT2D eigenvalue weighted by Crippen LogP contribution is -2.93. The topological polar surface area (TPSA) is 54.9 Å². The van der Waals surface area contributed by atoms with Gasteiger partial charge in [0.15, 0.2) is 0 Å². The average Bonchev–Trinajstić information content (AvgIpc) is 2.05. The summed E-state index contributed by atoms with van der Waals surface area (Å²) in [4.78, 5) is 11.5. The molecule has 0 unspecified atom stereocenters. The van der Waals surface area contributed by atoms with Gasteiger partial charge in [-0.1, -0.05) is 0 Å². The van der Waals surface area contributed by atoms with Crippen LogP contribution in [0.3, 0.4) is 0 Å². The highest BCUT2D eigenvalue weighted by molar-refractivity contribution is 5.68. The van der Waals surface area contributed by atoms with Crippen molar-refractivity contribution in [3.63, 3.8) is 0 Å². The summed E-state index contributed by atoms with van der Waals surface area (Å²) in [5.74, 6) is 0. The Labute approximate surface area is 91.8 Å². The van der Waals surface area contributed by atoms with E-state index in [1.54, 1.807) is 0 Å². The minimum Gasteiger partial charge on any atom is -0.444 e. The summed E-state index contributed by atoms with van der Waals surface area (Å²) in [6.45, 7) is 8.80. The lowest BCUT2D eigenvalue weighted by atomic mass is 10.0. The number of nitrogens with one attached hydrogen (secondary N) is 1. The lowest BCUT2D eigenvalue weighted by Gasteiger charge is -2.27. The first kappa shape index (κ1) is 12.3. The second-order valence-electron chi connectivity index (χ2n) is 5.37. The number of carbonyl (C=O) groups is 1. The lowest BCUT2D eigenvalue weighted by molar-refractivity contribution is -0.696. The zero-order valence-corrected chi connectivity index (χ0v) is 10.2. The molecule has 0 aromatic rings. The van der Waals surface area contributed by atoms with Gasteiger partial charge in [0.25, 0.3) is 0 Å². The Bertz CT molecular complexity index is 215. The molecule has 0 spiro atoms. The van der Waals surface area contributed by atoms with E-state index in [-0.39, 0.29) is 12.1 Å². The summed E-state index contributed by atoms with van der Waals surface area (Å²) in [6, 6.07) is 0.942. The van der Waals surface area contributed by atoms with Gasteiger partial charge in [0.05, 0.1) is 18.6 Å². The zero-order valence-electron chi connectivity index (χ0n) is 10.2. The summed E-state index contributed by atoms with van der Waals surface area (Å²) in [6.07, 6.45) is 1.91. The first-order valence-corrected chi connectivity index (χ1v) is 5.69. The van der Waals surface area contributed by atoms with E-state index in [0.29, 0.717) is 6.04 Å². The van der Waals surface area contributed by atoms with Crippen LogP contribution in [0.1, 0.15) is 40.5 Å². The highest BCUT2D eigenvalue weighted by Gasteiger charge is 2.24. The SMILES string of the molecule is C[C@H]1CC[C@@H](NC(=O)OC(C)(C)C)C[NH2+]1. The third-order valence-electron chi connectivity index (χ3n) is 2.51. The number of rotatable bonds is 1. The first-order chi connectivity index (χ1) is 6.87. The molecule has 0 aromatic heterocycles. The molecule has 3 N–H and O–H groups in total. The summed E-state index contributed by atoms with van der Waals surface area (Å²) in [7, 11) is 0. The van der Waals surface area contributed by atoms with Crippen molar-refractivity contribution >= 4 is 6.09 Å². The van der Waals surface area contributed by atoms with Crippen molar-refractivity contribution < 1.29 is 14.8 Å². The van der Waals surface area contributed by atoms with Crippen LogP contribution in [-0.2, 0) is 4.74 Å². The van der Waals surface area contributed by atoms with E-state index in [9.17, 15) is 4.79 Å². The van der Waals surface area contributed by atoms with Crippen LogP contribution in [0, 0.1) is 0 Å². The molecule has 1 heterocycles. The molecule has 4 nitrogen and oxygen atoms in total. The van der Waals surface area contributed by atoms with Crippen molar-refractivity contribution in [1.29, 1.82) is 0 Å². The van der Waals surface area contributed by atoms with Crippen LogP contribution in [0.2, 0.25) is 0 Å². The van der Waals surface area contributed by atoms with Crippen LogP contribution >= 0.6 is 0 Å². The number of nitrogens with two attached hydrogens (primary N) is 1. The smallest absolute Gasteiger partial charge is 0.408 e. The van der Waals surface area contributed by atoms with E-state index in [1.807, 2.05) is 20.8 Å². The first-order valence-electron chi connectivity index (χ1n) is 5.69. The fraction of sp³-hybridized carbons (Fsp3) is 0.909. The molecule has 88 valence electrons. The molecule has 0 aromatic carbocycles. The van der Waals surface area contributed by atoms with Crippen molar-refractivity contribution in [3.05, 3.63) is 0 Å². The van der Waals surface area contributed by atoms with Gasteiger partial charge in [0.2, 0.25) is 0 Å². The molecule has 0 radical (unpaired) electrons. The highest BCUT2D eigenvalue weighted by Crippen LogP contribution is 2.08. The second-order valence-corrected chi connectivity index (χ2v) is 5.37. The predicted molar refractivity (Wildman–Crippen MR) is 58.6 cm³/mol. The Balaban J connectivity index is 2.27. The van der Waals surface area contributed by atoms with Crippen molar-refractivity contribution in [2.24, 2.45) is 0 Å². The molecule has 1 aliphatic rings. The highest BCUT2D eigenvalue weighted by atomic mass is 16.6. The fourth-order valence-electron chi connectivity index (χ4n) is 1.70. The quantitative estimate of drug-likeness (QED) is 0.674. The Kier molecular flexibility index (Phi) is 3.97. The van der Waals surface area contributed by atoms with Gasteiger partial charge in [-0.15, -0.1) is 0 Å². The van der Waals surface area contributed by atoms with Crippen LogP contribution in [-0.4, -0.2) is 30.3 Å². The van der Waals surface area contributed by atoms with Crippen molar-refractivity contribution in [1.82, 2.24) is 5.32 Å². The van der Waals surface area contributed by atoms with E-state index in [4.69, 9.17) is 4.74 Å². The van der Waals surface area contributed by atoms with Gasteiger partial charge in [-0.3, -0.25) is 0 Å². The van der Waals surface area contributed by atoms with Gasteiger partial charge in [0, 0.05) is 6.42 Å². The number of piperidine rings is 1. The normalized spacial score (nSPS) is 27.2. The van der Waals surface area contributed by atoms with Gasteiger partial charge in [0.1, 0.15) is 5.60 Å². The zero-order chi connectivity index (χ0) is 11.5. The van der Waals surface area contributed by atoms with E-state index in [1.165, 1.54) is 0 Å². The largest absolute Gasteiger partial charge is 0.444 e. The summed E-state index contributed by atoms with van der Waals surface area (Å²) >= 11 is 0. The summed E-state index contributed by atoms with van der Waals surface area (Å²) < 4.78 is 5.20. The Morgan fingerprint density at radius 2 is 2.07 bits per heavy atom. The summed E-state index contributed by atoms with van der Waals surface area (Å²) in [5, 5.41) is 5.17. The minimum atomic E-state index is -0.407. The minimum absolute atomic E-state index is 0.260. The molecule has 2 atom stereocenters. The number of ether oxygens (including phenoxy) is 1. The monoisotopic (exact) mass is 215 g/mol. The van der Waals surface area contributed by atoms with Crippen LogP contribution in [0.5, 0.6) is 0 Å². The van der Waals surface area contributed by atoms with Crippen molar-refractivity contribution in [2.45, 2.75) is 58.2 Å². The van der Waals surface area contributed by atoms with E-state index < -0.39 is 5.60 Å². The molecule has 0 aliphatic carbocycles. The van der Waals surface area contributed by atoms with Crippen LogP contribution in [0.15, 0.2) is 0 Å². The molecular weight excluding hydrogens is 192 g/mol. The number of hydrogen-bond acceptors (Lipinski definition) is 2. The molecule has 15 heavy (non-hydrogen) atoms. The van der Waals surface area contributed by atoms with Crippen LogP contribution in [0.25, 0.3) is 0 Å². The molecule has 1 saturated heterocycles. The molecule has 1 aliphatic heterocycles. The summed E-state index contributed by atoms with van der Waals surface area (Å²) in [5.41, 5.74) is -0.407. The van der Waals surface area contributed by atoms with Crippen LogP contribution < -0.4 is 10.6 Å². The van der Waals surface area contributed by atoms with Gasteiger partial charge in [-0.2, -0.15) is 0 Å². The number of carbonyl (C=O) groups excluding carboxylic acids is 1. The average molecular weight is 215 g/mol. The Hall–Kier alpha value is -0.770. The maximum absolute atomic E-state index is 11.5. The number of amides is 1. The molecule has 0 saturated carbocycles. The molecular formula is C11H23N2O2+. The molecule has 4 heteroatoms. The molecule has 1 fully saturated rings. The van der Waals surface area contributed by atoms with E-state index in [2.05, 4.69) is 17.6 Å². The maximum Gasteiger partial charge on any atom is 0.408 e. The molecule has 1 rings (SSSR count). The van der Waals surface area contributed by atoms with Gasteiger partial charge in [-0.05, 0) is 34.1 Å². The maximum atomic E-state index is 11.5. The van der Waals surface area contributed by atoms with Gasteiger partial charge >= 0.3 is 6.09 Å². The van der Waals surface area contributed by atoms with Crippen molar-refractivity contribution in [2.75, 3.05) is 6.54 Å². The van der Waals surface area contributed by atoms with E-state index in [0.717, 1.165) is 19.4 Å². The predicted octanol–water partition coefficient (Wildman–Crippen LogP) is 0.625. The number of hydrogen-bond donors (Lipinski definition) is 2. The van der Waals surface area contributed by atoms with Crippen molar-refractivity contribution in [3.8, 4) is 0 Å². The van der Waals surface area contributed by atoms with Gasteiger partial charge < -0.3 is 15.4 Å². The third kappa shape index (κ3) is 5.02. The third-order valence-corrected chi connectivity index (χ3v) is 2.51.